The van der Waals surface area contributed by atoms with Crippen molar-refractivity contribution < 1.29 is 27.5 Å². The first kappa shape index (κ1) is 27.9. The highest BCUT2D eigenvalue weighted by molar-refractivity contribution is 7.92. The number of carbonyl (C=O) groups is 2. The molecule has 3 aromatic carbocycles. The third kappa shape index (κ3) is 5.25. The molecule has 0 amide bonds. The van der Waals surface area contributed by atoms with Crippen LogP contribution in [0.2, 0.25) is 0 Å². The molecule has 0 fully saturated rings. The van der Waals surface area contributed by atoms with Crippen molar-refractivity contribution >= 4 is 33.3 Å². The number of rotatable bonds is 7. The Hall–Kier alpha value is -5.08. The van der Waals surface area contributed by atoms with Gasteiger partial charge in [-0.3, -0.25) is 9.62 Å². The van der Waals surface area contributed by atoms with Crippen molar-refractivity contribution in [2.45, 2.75) is 17.7 Å². The van der Waals surface area contributed by atoms with Gasteiger partial charge >= 0.3 is 11.9 Å². The lowest BCUT2D eigenvalue weighted by Gasteiger charge is -2.35. The summed E-state index contributed by atoms with van der Waals surface area (Å²) < 4.78 is 38.5. The topological polar surface area (TPSA) is 152 Å². The predicted molar refractivity (Wildman–Crippen MR) is 148 cm³/mol. The zero-order chi connectivity index (χ0) is 29.0. The van der Waals surface area contributed by atoms with Crippen LogP contribution < -0.4 is 15.4 Å². The van der Waals surface area contributed by atoms with Crippen LogP contribution in [0.15, 0.2) is 106 Å². The second kappa shape index (κ2) is 11.3. The molecule has 10 nitrogen and oxygen atoms in total. The Balaban J connectivity index is 1.85. The van der Waals surface area contributed by atoms with Gasteiger partial charge in [-0.15, -0.1) is 0 Å². The first-order valence-electron chi connectivity index (χ1n) is 12.0. The minimum atomic E-state index is -3.95. The Morgan fingerprint density at radius 3 is 2.08 bits per heavy atom. The summed E-state index contributed by atoms with van der Waals surface area (Å²) in [7, 11) is -1.65. The molecule has 40 heavy (non-hydrogen) atoms. The van der Waals surface area contributed by atoms with E-state index in [0.29, 0.717) is 11.3 Å². The van der Waals surface area contributed by atoms with Crippen molar-refractivity contribution in [2.75, 3.05) is 23.8 Å². The first-order valence-corrected chi connectivity index (χ1v) is 13.5. The highest BCUT2D eigenvalue weighted by Gasteiger charge is 2.43. The molecule has 1 aliphatic heterocycles. The number of anilines is 2. The van der Waals surface area contributed by atoms with Gasteiger partial charge < -0.3 is 15.2 Å². The van der Waals surface area contributed by atoms with Gasteiger partial charge in [0.25, 0.3) is 10.0 Å². The van der Waals surface area contributed by atoms with Crippen LogP contribution in [-0.4, -0.2) is 34.6 Å². The summed E-state index contributed by atoms with van der Waals surface area (Å²) in [6, 6.07) is 23.0. The fourth-order valence-corrected chi connectivity index (χ4v) is 5.45. The van der Waals surface area contributed by atoms with Crippen molar-refractivity contribution in [1.82, 2.24) is 0 Å². The zero-order valence-electron chi connectivity index (χ0n) is 21.9. The van der Waals surface area contributed by atoms with Gasteiger partial charge in [0.1, 0.15) is 11.5 Å². The predicted octanol–water partition coefficient (Wildman–Crippen LogP) is 3.69. The maximum absolute atomic E-state index is 13.2. The number of nitrogens with two attached hydrogens (primary N) is 1. The number of esters is 2. The molecule has 1 aliphatic rings. The van der Waals surface area contributed by atoms with Gasteiger partial charge in [0.2, 0.25) is 0 Å². The lowest BCUT2D eigenvalue weighted by molar-refractivity contribution is -0.139. The van der Waals surface area contributed by atoms with Crippen LogP contribution in [-0.2, 0) is 29.1 Å². The van der Waals surface area contributed by atoms with E-state index in [0.717, 1.165) is 19.8 Å². The second-order valence-corrected chi connectivity index (χ2v) is 10.5. The lowest BCUT2D eigenvalue weighted by atomic mass is 9.81. The molecule has 0 aromatic heterocycles. The summed E-state index contributed by atoms with van der Waals surface area (Å²) in [5.74, 6) is -2.90. The number of ether oxygens (including phenoxy) is 2. The third-order valence-electron chi connectivity index (χ3n) is 6.32. The summed E-state index contributed by atoms with van der Waals surface area (Å²) in [5.41, 5.74) is 8.19. The molecule has 0 bridgehead atoms. The number of aryl methyl sites for hydroxylation is 1. The van der Waals surface area contributed by atoms with Crippen LogP contribution in [0.25, 0.3) is 0 Å². The Kier molecular flexibility index (Phi) is 7.93. The van der Waals surface area contributed by atoms with Gasteiger partial charge in [-0.25, -0.2) is 18.0 Å². The molecule has 1 heterocycles. The van der Waals surface area contributed by atoms with Crippen LogP contribution in [0.4, 0.5) is 11.4 Å². The van der Waals surface area contributed by atoms with Gasteiger partial charge in [-0.05, 0) is 48.9 Å². The smallest absolute Gasteiger partial charge is 0.355 e. The molecule has 3 N–H and O–H groups in total. The summed E-state index contributed by atoms with van der Waals surface area (Å²) in [6.07, 6.45) is 0. The molecular weight excluding hydrogens is 532 g/mol. The first-order chi connectivity index (χ1) is 19.1. The van der Waals surface area contributed by atoms with E-state index in [9.17, 15) is 23.3 Å². The van der Waals surface area contributed by atoms with Gasteiger partial charge in [-0.2, -0.15) is 5.26 Å². The van der Waals surface area contributed by atoms with E-state index in [4.69, 9.17) is 15.2 Å². The lowest BCUT2D eigenvalue weighted by Crippen LogP contribution is -2.40. The number of benzene rings is 3. The van der Waals surface area contributed by atoms with Crippen LogP contribution >= 0.6 is 0 Å². The number of nitrogens with one attached hydrogen (secondary N) is 1. The van der Waals surface area contributed by atoms with E-state index < -0.39 is 27.9 Å². The molecule has 0 saturated heterocycles. The molecule has 204 valence electrons. The Morgan fingerprint density at radius 1 is 0.925 bits per heavy atom. The van der Waals surface area contributed by atoms with Crippen LogP contribution in [0.1, 0.15) is 17.0 Å². The van der Waals surface area contributed by atoms with Gasteiger partial charge in [0.05, 0.1) is 42.2 Å². The molecule has 0 radical (unpaired) electrons. The van der Waals surface area contributed by atoms with Gasteiger partial charge in [0.15, 0.2) is 0 Å². The number of carbonyl (C=O) groups excluding carboxylic acids is 2. The average molecular weight is 559 g/mol. The van der Waals surface area contributed by atoms with Gasteiger partial charge in [0, 0.05) is 11.4 Å². The Morgan fingerprint density at radius 2 is 1.52 bits per heavy atom. The van der Waals surface area contributed by atoms with Crippen molar-refractivity contribution in [1.29, 1.82) is 5.26 Å². The normalized spacial score (nSPS) is 15.3. The monoisotopic (exact) mass is 558 g/mol. The van der Waals surface area contributed by atoms with E-state index >= 15 is 0 Å². The highest BCUT2D eigenvalue weighted by Crippen LogP contribution is 2.43. The quantitative estimate of drug-likeness (QED) is 0.414. The molecule has 11 heteroatoms. The van der Waals surface area contributed by atoms with Gasteiger partial charge in [-0.1, -0.05) is 48.0 Å². The van der Waals surface area contributed by atoms with Crippen LogP contribution in [0.5, 0.6) is 0 Å². The van der Waals surface area contributed by atoms with E-state index in [1.54, 1.807) is 54.6 Å². The molecule has 1 unspecified atom stereocenters. The molecule has 0 spiro atoms. The zero-order valence-corrected chi connectivity index (χ0v) is 22.7. The Bertz CT molecular complexity index is 1660. The molecular formula is C29H26N4O6S. The van der Waals surface area contributed by atoms with Crippen molar-refractivity contribution in [3.8, 4) is 6.07 Å². The minimum Gasteiger partial charge on any atom is -0.466 e. The average Bonchev–Trinajstić information content (AvgIpc) is 2.97. The van der Waals surface area contributed by atoms with E-state index in [1.165, 1.54) is 29.2 Å². The molecule has 0 saturated carbocycles. The van der Waals surface area contributed by atoms with E-state index in [1.807, 2.05) is 6.92 Å². The third-order valence-corrected chi connectivity index (χ3v) is 7.72. The number of hydrogen-bond donors (Lipinski definition) is 2. The second-order valence-electron chi connectivity index (χ2n) is 8.80. The molecule has 1 atom stereocenters. The SMILES string of the molecule is COC(=O)C1=C(C(=O)OC)N(c2ccc(S(=O)(=O)Nc3ccc(C)cc3)cc2)C(N)=C(C#N)C1c1ccccc1. The maximum atomic E-state index is 13.2. The Labute approximate surface area is 232 Å². The van der Waals surface area contributed by atoms with E-state index in [-0.39, 0.29) is 33.2 Å². The largest absolute Gasteiger partial charge is 0.466 e. The molecule has 0 aliphatic carbocycles. The number of nitrogens with zero attached hydrogens (tertiary/aromatic N) is 2. The van der Waals surface area contributed by atoms with Crippen LogP contribution in [0.3, 0.4) is 0 Å². The molecule has 3 aromatic rings. The molecule has 4 rings (SSSR count). The summed E-state index contributed by atoms with van der Waals surface area (Å²) >= 11 is 0. The highest BCUT2D eigenvalue weighted by atomic mass is 32.2. The number of methoxy groups -OCH3 is 2. The number of nitriles is 1. The maximum Gasteiger partial charge on any atom is 0.355 e. The fourth-order valence-electron chi connectivity index (χ4n) is 4.39. The fraction of sp³-hybridized carbons (Fsp3) is 0.138. The summed E-state index contributed by atoms with van der Waals surface area (Å²) in [4.78, 5) is 27.4. The number of allylic oxidation sites excluding steroid dienone is 1. The number of hydrogen-bond acceptors (Lipinski definition) is 9. The van der Waals surface area contributed by atoms with Crippen molar-refractivity contribution in [3.63, 3.8) is 0 Å². The standard InChI is InChI=1S/C29H26N4O6S/c1-18-9-11-20(12-10-18)32-40(36,37)22-15-13-21(14-16-22)33-26(29(35)39-3)25(28(34)38-2)24(23(17-30)27(33)31)19-7-5-4-6-8-19/h4-16,24,32H,31H2,1-3H3. The van der Waals surface area contributed by atoms with Crippen LogP contribution in [0, 0.1) is 18.3 Å². The minimum absolute atomic E-state index is 0.00279. The summed E-state index contributed by atoms with van der Waals surface area (Å²) in [5, 5.41) is 10.1. The van der Waals surface area contributed by atoms with Crippen molar-refractivity contribution in [2.24, 2.45) is 5.73 Å². The number of sulfonamides is 1. The van der Waals surface area contributed by atoms with Crippen molar-refractivity contribution in [3.05, 3.63) is 113 Å². The summed E-state index contributed by atoms with van der Waals surface area (Å²) in [6.45, 7) is 1.89. The van der Waals surface area contributed by atoms with E-state index in [2.05, 4.69) is 10.8 Å².